The second-order valence-electron chi connectivity index (χ2n) is 12.3. The third-order valence-electron chi connectivity index (χ3n) is 10.8. The Morgan fingerprint density at radius 1 is 1.06 bits per heavy atom. The fraction of sp³-hybridized carbons (Fsp3) is 0.889. The van der Waals surface area contributed by atoms with Crippen molar-refractivity contribution in [1.29, 1.82) is 0 Å². The highest BCUT2D eigenvalue weighted by atomic mass is 16.8. The van der Waals surface area contributed by atoms with E-state index < -0.39 is 6.16 Å². The van der Waals surface area contributed by atoms with Gasteiger partial charge in [-0.3, -0.25) is 9.63 Å². The topological polar surface area (TPSA) is 77.0 Å². The van der Waals surface area contributed by atoms with Crippen LogP contribution >= 0.6 is 0 Å². The highest BCUT2D eigenvalue weighted by Gasteiger charge is 2.60. The predicted octanol–water partition coefficient (Wildman–Crippen LogP) is 5.50. The van der Waals surface area contributed by atoms with Gasteiger partial charge in [0.1, 0.15) is 12.4 Å². The van der Waals surface area contributed by atoms with Gasteiger partial charge in [0, 0.05) is 24.8 Å². The van der Waals surface area contributed by atoms with Gasteiger partial charge in [0.2, 0.25) is 0 Å². The van der Waals surface area contributed by atoms with Crippen LogP contribution in [0.3, 0.4) is 0 Å². The van der Waals surface area contributed by atoms with Crippen LogP contribution in [0.4, 0.5) is 4.79 Å². The minimum atomic E-state index is -0.690. The summed E-state index contributed by atoms with van der Waals surface area (Å²) in [4.78, 5) is 29.4. The zero-order chi connectivity index (χ0) is 23.2. The molecule has 1 N–H and O–H groups in total. The predicted molar refractivity (Wildman–Crippen MR) is 127 cm³/mol. The first-order chi connectivity index (χ1) is 15.8. The molecule has 1 saturated heterocycles. The molecule has 1 heterocycles. The van der Waals surface area contributed by atoms with Gasteiger partial charge in [-0.15, -0.1) is 0 Å². The van der Waals surface area contributed by atoms with Gasteiger partial charge in [0.05, 0.1) is 5.71 Å². The van der Waals surface area contributed by atoms with E-state index in [0.717, 1.165) is 62.6 Å². The van der Waals surface area contributed by atoms with E-state index in [1.54, 1.807) is 0 Å². The van der Waals surface area contributed by atoms with E-state index >= 15 is 0 Å². The van der Waals surface area contributed by atoms with Crippen LogP contribution in [0.15, 0.2) is 5.16 Å². The number of ketones is 1. The molecule has 5 rings (SSSR count). The van der Waals surface area contributed by atoms with Crippen LogP contribution in [0.2, 0.25) is 0 Å². The monoisotopic (exact) mass is 458 g/mol. The smallest absolute Gasteiger partial charge is 0.431 e. The Balaban J connectivity index is 1.22. The van der Waals surface area contributed by atoms with Crippen LogP contribution in [0.5, 0.6) is 0 Å². The first-order valence-corrected chi connectivity index (χ1v) is 13.4. The van der Waals surface area contributed by atoms with Crippen LogP contribution in [0, 0.1) is 40.4 Å². The molecule has 1 unspecified atom stereocenters. The molecule has 1 aliphatic heterocycles. The summed E-state index contributed by atoms with van der Waals surface area (Å²) in [5, 5.41) is 7.58. The summed E-state index contributed by atoms with van der Waals surface area (Å²) in [6.07, 6.45) is 11.5. The summed E-state index contributed by atoms with van der Waals surface area (Å²) >= 11 is 0. The fourth-order valence-electron chi connectivity index (χ4n) is 9.00. The number of nitrogens with one attached hydrogen (secondary N) is 1. The van der Waals surface area contributed by atoms with Crippen molar-refractivity contribution in [2.24, 2.45) is 45.6 Å². The Morgan fingerprint density at radius 3 is 2.67 bits per heavy atom. The molecule has 8 atom stereocenters. The van der Waals surface area contributed by atoms with Crippen molar-refractivity contribution in [3.8, 4) is 0 Å². The molecule has 5 aliphatic rings. The second kappa shape index (κ2) is 8.98. The number of Topliss-reactive ketones (excluding diaryl/α,β-unsaturated/α-hetero) is 1. The van der Waals surface area contributed by atoms with Crippen molar-refractivity contribution in [1.82, 2.24) is 5.32 Å². The van der Waals surface area contributed by atoms with Crippen molar-refractivity contribution >= 4 is 17.7 Å². The maximum atomic E-state index is 12.1. The minimum absolute atomic E-state index is 0.226. The number of carbonyl (C=O) groups is 2. The quantitative estimate of drug-likeness (QED) is 0.261. The van der Waals surface area contributed by atoms with Gasteiger partial charge in [-0.25, -0.2) is 4.79 Å². The Labute approximate surface area is 198 Å². The van der Waals surface area contributed by atoms with Gasteiger partial charge in [-0.05, 0) is 106 Å². The molecule has 0 aromatic heterocycles. The molecule has 4 saturated carbocycles. The molecule has 0 amide bonds. The van der Waals surface area contributed by atoms with Crippen LogP contribution in [-0.4, -0.2) is 36.8 Å². The maximum Gasteiger partial charge on any atom is 0.535 e. The second-order valence-corrected chi connectivity index (χ2v) is 12.3. The third-order valence-corrected chi connectivity index (χ3v) is 10.8. The fourth-order valence-corrected chi connectivity index (χ4v) is 9.00. The zero-order valence-electron chi connectivity index (χ0n) is 20.7. The lowest BCUT2D eigenvalue weighted by molar-refractivity contribution is -0.138. The molecule has 6 heteroatoms. The van der Waals surface area contributed by atoms with Crippen molar-refractivity contribution in [2.45, 2.75) is 97.4 Å². The first kappa shape index (κ1) is 23.3. The Bertz CT molecular complexity index is 806. The average Bonchev–Trinajstić information content (AvgIpc) is 3.44. The van der Waals surface area contributed by atoms with E-state index in [-0.39, 0.29) is 11.5 Å². The maximum absolute atomic E-state index is 12.1. The Hall–Kier alpha value is -1.43. The molecule has 0 spiro atoms. The summed E-state index contributed by atoms with van der Waals surface area (Å²) in [5.74, 6) is 3.69. The largest absolute Gasteiger partial charge is 0.535 e. The molecule has 0 bridgehead atoms. The lowest BCUT2D eigenvalue weighted by Gasteiger charge is -2.60. The molecule has 0 radical (unpaired) electrons. The summed E-state index contributed by atoms with van der Waals surface area (Å²) in [6, 6.07) is 0.242. The summed E-state index contributed by atoms with van der Waals surface area (Å²) in [6.45, 7) is 8.34. The highest BCUT2D eigenvalue weighted by molar-refractivity contribution is 5.85. The van der Waals surface area contributed by atoms with E-state index in [4.69, 9.17) is 9.57 Å². The van der Waals surface area contributed by atoms with Crippen molar-refractivity contribution in [3.05, 3.63) is 0 Å². The molecule has 5 fully saturated rings. The normalized spacial score (nSPS) is 45.2. The summed E-state index contributed by atoms with van der Waals surface area (Å²) in [7, 11) is 0. The van der Waals surface area contributed by atoms with Crippen molar-refractivity contribution < 1.29 is 19.2 Å². The minimum Gasteiger partial charge on any atom is -0.431 e. The molecular formula is C27H42N2O4. The molecule has 184 valence electrons. The number of ether oxygens (including phenoxy) is 1. The number of carbonyl (C=O) groups excluding carboxylic acids is 2. The molecule has 0 aromatic carbocycles. The average molecular weight is 459 g/mol. The summed E-state index contributed by atoms with van der Waals surface area (Å²) in [5.41, 5.74) is 1.52. The first-order valence-electron chi connectivity index (χ1n) is 13.4. The van der Waals surface area contributed by atoms with Crippen LogP contribution in [0.1, 0.15) is 91.4 Å². The number of hydrogen-bond acceptors (Lipinski definition) is 6. The van der Waals surface area contributed by atoms with Crippen LogP contribution in [0.25, 0.3) is 0 Å². The van der Waals surface area contributed by atoms with E-state index in [1.165, 1.54) is 32.1 Å². The molecule has 6 nitrogen and oxygen atoms in total. The van der Waals surface area contributed by atoms with Crippen molar-refractivity contribution in [2.75, 3.05) is 13.2 Å². The number of fused-ring (bicyclic) bond motifs is 5. The van der Waals surface area contributed by atoms with Crippen molar-refractivity contribution in [3.63, 3.8) is 0 Å². The molecular weight excluding hydrogens is 416 g/mol. The van der Waals surface area contributed by atoms with Gasteiger partial charge in [0.25, 0.3) is 0 Å². The van der Waals surface area contributed by atoms with Gasteiger partial charge >= 0.3 is 6.16 Å². The number of hydrogen-bond donors (Lipinski definition) is 1. The van der Waals surface area contributed by atoms with E-state index in [1.807, 2.05) is 6.92 Å². The van der Waals surface area contributed by atoms with Crippen LogP contribution in [-0.2, 0) is 14.4 Å². The van der Waals surface area contributed by atoms with Gasteiger partial charge in [0.15, 0.2) is 0 Å². The van der Waals surface area contributed by atoms with Gasteiger partial charge < -0.3 is 10.1 Å². The molecule has 0 aromatic rings. The Morgan fingerprint density at radius 2 is 1.88 bits per heavy atom. The van der Waals surface area contributed by atoms with E-state index in [2.05, 4.69) is 24.3 Å². The standard InChI is InChI=1S/C27H42N2O4/c1-17(29-33-25(31)32-16-19-5-4-14-28-19)22-8-9-23-21-7-6-18-15-20(30)10-12-26(18,2)24(21)11-13-27(22,23)3/h18-19,21-24,28H,4-16H2,1-3H3/b29-17+/t18-,19?,21+,22-,23+,24+,26+,27-/m1/s1. The molecule has 33 heavy (non-hydrogen) atoms. The summed E-state index contributed by atoms with van der Waals surface area (Å²) < 4.78 is 5.26. The highest BCUT2D eigenvalue weighted by Crippen LogP contribution is 2.67. The zero-order valence-corrected chi connectivity index (χ0v) is 20.7. The Kier molecular flexibility index (Phi) is 6.34. The number of nitrogens with zero attached hydrogens (tertiary/aromatic N) is 1. The van der Waals surface area contributed by atoms with E-state index in [0.29, 0.717) is 35.6 Å². The number of rotatable bonds is 4. The SMILES string of the molecule is C/C(=N\OC(=O)OCC1CCCN1)[C@H]1CC[C@H]2[C@@H]3CC[C@@H]4CC(=O)CC[C@]4(C)[C@H]3CC[C@]12C. The third kappa shape index (κ3) is 4.15. The molecule has 4 aliphatic carbocycles. The van der Waals surface area contributed by atoms with Gasteiger partial charge in [-0.2, -0.15) is 0 Å². The van der Waals surface area contributed by atoms with Gasteiger partial charge in [-0.1, -0.05) is 19.0 Å². The lowest BCUT2D eigenvalue weighted by atomic mass is 9.44. The van der Waals surface area contributed by atoms with E-state index in [9.17, 15) is 9.59 Å². The number of oxime groups is 1. The lowest BCUT2D eigenvalue weighted by Crippen LogP contribution is -2.53. The van der Waals surface area contributed by atoms with Crippen LogP contribution < -0.4 is 5.32 Å².